The minimum atomic E-state index is -0.649. The normalized spacial score (nSPS) is 18.2. The fourth-order valence-corrected chi connectivity index (χ4v) is 1.91. The number of carbonyl (C=O) groups is 2. The van der Waals surface area contributed by atoms with Crippen LogP contribution in [0, 0.1) is 6.92 Å². The Kier molecular flexibility index (Phi) is 2.75. The van der Waals surface area contributed by atoms with Gasteiger partial charge < -0.3 is 15.8 Å². The molecule has 1 unspecified atom stereocenters. The van der Waals surface area contributed by atoms with E-state index in [0.29, 0.717) is 17.0 Å². The van der Waals surface area contributed by atoms with Gasteiger partial charge in [-0.25, -0.2) is 0 Å². The number of Topliss-reactive ketones (excluding diaryl/α,β-unsaturated/α-hetero) is 1. The monoisotopic (exact) mass is 234 g/mol. The minimum absolute atomic E-state index is 0.149. The number of nitrogens with one attached hydrogen (secondary N) is 1. The number of rotatable bonds is 1. The smallest absolute Gasteiger partial charge is 0.217 e. The van der Waals surface area contributed by atoms with Crippen molar-refractivity contribution in [1.82, 2.24) is 5.32 Å². The first kappa shape index (κ1) is 11.4. The third-order valence-electron chi connectivity index (χ3n) is 2.72. The molecule has 1 aliphatic rings. The fourth-order valence-electron chi connectivity index (χ4n) is 1.91. The molecule has 3 N–H and O–H groups in total. The van der Waals surface area contributed by atoms with Crippen LogP contribution in [0.4, 0.5) is 5.69 Å². The third-order valence-corrected chi connectivity index (χ3v) is 2.72. The molecule has 2 rings (SSSR count). The van der Waals surface area contributed by atoms with Crippen LogP contribution in [-0.2, 0) is 4.79 Å². The Morgan fingerprint density at radius 3 is 2.88 bits per heavy atom. The number of nitrogens with two attached hydrogens (primary N) is 1. The summed E-state index contributed by atoms with van der Waals surface area (Å²) in [5, 5.41) is 2.55. The molecule has 5 heteroatoms. The Balaban J connectivity index is 2.41. The van der Waals surface area contributed by atoms with Gasteiger partial charge in [0, 0.05) is 12.6 Å². The van der Waals surface area contributed by atoms with Gasteiger partial charge in [-0.15, -0.1) is 0 Å². The summed E-state index contributed by atoms with van der Waals surface area (Å²) in [5.41, 5.74) is 7.40. The number of anilines is 1. The molecule has 1 atom stereocenters. The highest BCUT2D eigenvalue weighted by Crippen LogP contribution is 2.32. The fraction of sp³-hybridized carbons (Fsp3) is 0.333. The SMILES string of the molecule is CC(=O)NC1COc2c(C)ccc(N)c2C1=O. The zero-order valence-electron chi connectivity index (χ0n) is 9.74. The zero-order valence-corrected chi connectivity index (χ0v) is 9.74. The van der Waals surface area contributed by atoms with Gasteiger partial charge in [0.25, 0.3) is 0 Å². The predicted octanol–water partition coefficient (Wildman–Crippen LogP) is 0.657. The zero-order chi connectivity index (χ0) is 12.6. The van der Waals surface area contributed by atoms with Crippen molar-refractivity contribution >= 4 is 17.4 Å². The molecule has 1 aromatic carbocycles. The second-order valence-corrected chi connectivity index (χ2v) is 4.10. The molecule has 5 nitrogen and oxygen atoms in total. The standard InChI is InChI=1S/C12H14N2O3/c1-6-3-4-8(13)10-11(16)9(14-7(2)15)5-17-12(6)10/h3-4,9H,5,13H2,1-2H3,(H,14,15). The summed E-state index contributed by atoms with van der Waals surface area (Å²) in [6.07, 6.45) is 0. The van der Waals surface area contributed by atoms with Gasteiger partial charge in [0.2, 0.25) is 5.91 Å². The first-order valence-electron chi connectivity index (χ1n) is 5.34. The van der Waals surface area contributed by atoms with E-state index in [9.17, 15) is 9.59 Å². The van der Waals surface area contributed by atoms with Crippen molar-refractivity contribution in [3.05, 3.63) is 23.3 Å². The van der Waals surface area contributed by atoms with Crippen LogP contribution in [0.2, 0.25) is 0 Å². The molecule has 17 heavy (non-hydrogen) atoms. The number of hydrogen-bond acceptors (Lipinski definition) is 4. The van der Waals surface area contributed by atoms with E-state index in [2.05, 4.69) is 5.32 Å². The number of carbonyl (C=O) groups excluding carboxylic acids is 2. The number of hydrogen-bond donors (Lipinski definition) is 2. The van der Waals surface area contributed by atoms with Crippen LogP contribution in [0.3, 0.4) is 0 Å². The number of benzene rings is 1. The van der Waals surface area contributed by atoms with Gasteiger partial charge in [0.05, 0.1) is 5.56 Å². The topological polar surface area (TPSA) is 81.4 Å². The van der Waals surface area contributed by atoms with E-state index < -0.39 is 6.04 Å². The van der Waals surface area contributed by atoms with E-state index in [0.717, 1.165) is 5.56 Å². The lowest BCUT2D eigenvalue weighted by molar-refractivity contribution is -0.119. The largest absolute Gasteiger partial charge is 0.490 e. The van der Waals surface area contributed by atoms with Gasteiger partial charge >= 0.3 is 0 Å². The molecule has 1 aliphatic heterocycles. The Hall–Kier alpha value is -2.04. The average Bonchev–Trinajstić information content (AvgIpc) is 2.26. The summed E-state index contributed by atoms with van der Waals surface area (Å²) >= 11 is 0. The lowest BCUT2D eigenvalue weighted by Crippen LogP contribution is -2.46. The molecule has 0 aliphatic carbocycles. The summed E-state index contributed by atoms with van der Waals surface area (Å²) in [5.74, 6) is 0.0703. The number of nitrogen functional groups attached to an aromatic ring is 1. The van der Waals surface area contributed by atoms with Crippen molar-refractivity contribution in [3.8, 4) is 5.75 Å². The highest BCUT2D eigenvalue weighted by molar-refractivity contribution is 6.08. The molecule has 1 aromatic rings. The van der Waals surface area contributed by atoms with E-state index in [1.165, 1.54) is 6.92 Å². The molecular weight excluding hydrogens is 220 g/mol. The van der Waals surface area contributed by atoms with Crippen LogP contribution in [0.5, 0.6) is 5.75 Å². The lowest BCUT2D eigenvalue weighted by Gasteiger charge is -2.26. The molecule has 0 saturated carbocycles. The Bertz CT molecular complexity index is 497. The molecule has 0 saturated heterocycles. The van der Waals surface area contributed by atoms with Crippen molar-refractivity contribution in [2.75, 3.05) is 12.3 Å². The van der Waals surface area contributed by atoms with Crippen LogP contribution in [0.15, 0.2) is 12.1 Å². The second kappa shape index (κ2) is 4.08. The van der Waals surface area contributed by atoms with Gasteiger partial charge in [0.1, 0.15) is 18.4 Å². The average molecular weight is 234 g/mol. The quantitative estimate of drug-likeness (QED) is 0.699. The molecular formula is C12H14N2O3. The number of ketones is 1. The van der Waals surface area contributed by atoms with Gasteiger partial charge in [-0.3, -0.25) is 9.59 Å². The molecule has 1 heterocycles. The van der Waals surface area contributed by atoms with Crippen LogP contribution in [0.1, 0.15) is 22.8 Å². The summed E-state index contributed by atoms with van der Waals surface area (Å²) < 4.78 is 5.50. The maximum atomic E-state index is 12.2. The van der Waals surface area contributed by atoms with Crippen LogP contribution in [0.25, 0.3) is 0 Å². The number of amides is 1. The Morgan fingerprint density at radius 1 is 1.53 bits per heavy atom. The maximum absolute atomic E-state index is 12.2. The Labute approximate surface area is 98.9 Å². The van der Waals surface area contributed by atoms with Gasteiger partial charge in [-0.2, -0.15) is 0 Å². The molecule has 0 spiro atoms. The molecule has 0 radical (unpaired) electrons. The first-order valence-corrected chi connectivity index (χ1v) is 5.34. The highest BCUT2D eigenvalue weighted by atomic mass is 16.5. The van der Waals surface area contributed by atoms with Crippen LogP contribution >= 0.6 is 0 Å². The Morgan fingerprint density at radius 2 is 2.24 bits per heavy atom. The molecule has 1 amide bonds. The highest BCUT2D eigenvalue weighted by Gasteiger charge is 2.32. The maximum Gasteiger partial charge on any atom is 0.217 e. The van der Waals surface area contributed by atoms with Crippen molar-refractivity contribution < 1.29 is 14.3 Å². The van der Waals surface area contributed by atoms with Crippen molar-refractivity contribution in [2.45, 2.75) is 19.9 Å². The lowest BCUT2D eigenvalue weighted by atomic mass is 9.96. The van der Waals surface area contributed by atoms with Gasteiger partial charge in [-0.1, -0.05) is 6.07 Å². The van der Waals surface area contributed by atoms with E-state index >= 15 is 0 Å². The number of fused-ring (bicyclic) bond motifs is 1. The van der Waals surface area contributed by atoms with E-state index in [1.807, 2.05) is 6.92 Å². The van der Waals surface area contributed by atoms with E-state index in [1.54, 1.807) is 12.1 Å². The molecule has 0 aromatic heterocycles. The van der Waals surface area contributed by atoms with E-state index in [-0.39, 0.29) is 18.3 Å². The third kappa shape index (κ3) is 1.95. The second-order valence-electron chi connectivity index (χ2n) is 4.10. The number of ether oxygens (including phenoxy) is 1. The van der Waals surface area contributed by atoms with Crippen molar-refractivity contribution in [1.29, 1.82) is 0 Å². The van der Waals surface area contributed by atoms with E-state index in [4.69, 9.17) is 10.5 Å². The van der Waals surface area contributed by atoms with Crippen molar-refractivity contribution in [2.24, 2.45) is 0 Å². The van der Waals surface area contributed by atoms with Gasteiger partial charge in [-0.05, 0) is 18.6 Å². The summed E-state index contributed by atoms with van der Waals surface area (Å²) in [7, 11) is 0. The predicted molar refractivity (Wildman–Crippen MR) is 63.0 cm³/mol. The molecule has 0 bridgehead atoms. The first-order chi connectivity index (χ1) is 8.00. The van der Waals surface area contributed by atoms with Gasteiger partial charge in [0.15, 0.2) is 5.78 Å². The summed E-state index contributed by atoms with van der Waals surface area (Å²) in [6.45, 7) is 3.36. The summed E-state index contributed by atoms with van der Waals surface area (Å²) in [6, 6.07) is 2.83. The molecule has 90 valence electrons. The minimum Gasteiger partial charge on any atom is -0.490 e. The van der Waals surface area contributed by atoms with Crippen LogP contribution < -0.4 is 15.8 Å². The van der Waals surface area contributed by atoms with Crippen molar-refractivity contribution in [3.63, 3.8) is 0 Å². The molecule has 0 fully saturated rings. The number of aryl methyl sites for hydroxylation is 1. The summed E-state index contributed by atoms with van der Waals surface area (Å²) in [4.78, 5) is 23.1. The van der Waals surface area contributed by atoms with Crippen LogP contribution in [-0.4, -0.2) is 24.3 Å².